The smallest absolute Gasteiger partial charge is 0.168 e. The van der Waals surface area contributed by atoms with Gasteiger partial charge >= 0.3 is 0 Å². The van der Waals surface area contributed by atoms with E-state index in [1.165, 1.54) is 25.0 Å². The predicted octanol–water partition coefficient (Wildman–Crippen LogP) is 3.50. The standard InChI is InChI=1S/C18H20FN5/c1-12-4-3-9-23(11-12)17-16-10-20-24(18(16)22-13(2)21-17)15-7-5-14(19)6-8-15/h5-8,10,12H,3-4,9,11H2,1-2H3/t12-/m0/s1. The van der Waals surface area contributed by atoms with Crippen LogP contribution in [-0.2, 0) is 0 Å². The molecular weight excluding hydrogens is 305 g/mol. The second-order valence-electron chi connectivity index (χ2n) is 6.56. The number of aryl methyl sites for hydroxylation is 1. The van der Waals surface area contributed by atoms with Gasteiger partial charge < -0.3 is 4.90 Å². The van der Waals surface area contributed by atoms with Crippen LogP contribution in [0.15, 0.2) is 30.5 Å². The molecule has 2 aromatic heterocycles. The number of aromatic nitrogens is 4. The lowest BCUT2D eigenvalue weighted by molar-refractivity contribution is 0.445. The Bertz CT molecular complexity index is 871. The van der Waals surface area contributed by atoms with E-state index in [2.05, 4.69) is 26.9 Å². The molecule has 0 unspecified atom stereocenters. The molecule has 0 bridgehead atoms. The number of hydrogen-bond acceptors (Lipinski definition) is 4. The molecule has 1 fully saturated rings. The average molecular weight is 325 g/mol. The number of piperidine rings is 1. The summed E-state index contributed by atoms with van der Waals surface area (Å²) in [6.07, 6.45) is 4.25. The Hall–Kier alpha value is -2.50. The lowest BCUT2D eigenvalue weighted by atomic mass is 10.0. The highest BCUT2D eigenvalue weighted by Crippen LogP contribution is 2.29. The van der Waals surface area contributed by atoms with Gasteiger partial charge in [0.1, 0.15) is 17.5 Å². The third-order valence-corrected chi connectivity index (χ3v) is 4.55. The zero-order chi connectivity index (χ0) is 16.7. The molecule has 1 saturated heterocycles. The van der Waals surface area contributed by atoms with E-state index in [0.717, 1.165) is 41.5 Å². The van der Waals surface area contributed by atoms with Gasteiger partial charge in [-0.2, -0.15) is 5.10 Å². The lowest BCUT2D eigenvalue weighted by Crippen LogP contribution is -2.35. The first-order valence-corrected chi connectivity index (χ1v) is 8.35. The molecule has 1 aliphatic heterocycles. The van der Waals surface area contributed by atoms with E-state index < -0.39 is 0 Å². The highest BCUT2D eigenvalue weighted by Gasteiger charge is 2.22. The zero-order valence-electron chi connectivity index (χ0n) is 13.9. The molecule has 5 nitrogen and oxygen atoms in total. The number of benzene rings is 1. The number of fused-ring (bicyclic) bond motifs is 1. The number of hydrogen-bond donors (Lipinski definition) is 0. The minimum Gasteiger partial charge on any atom is -0.356 e. The van der Waals surface area contributed by atoms with Crippen LogP contribution in [0.4, 0.5) is 10.2 Å². The van der Waals surface area contributed by atoms with Gasteiger partial charge in [-0.15, -0.1) is 0 Å². The number of rotatable bonds is 2. The van der Waals surface area contributed by atoms with Crippen LogP contribution in [0, 0.1) is 18.7 Å². The van der Waals surface area contributed by atoms with E-state index in [0.29, 0.717) is 5.92 Å². The van der Waals surface area contributed by atoms with Gasteiger partial charge in [0.05, 0.1) is 17.3 Å². The summed E-state index contributed by atoms with van der Waals surface area (Å²) in [5.74, 6) is 2.08. The molecule has 24 heavy (non-hydrogen) atoms. The Balaban J connectivity index is 1.83. The molecule has 6 heteroatoms. The first kappa shape index (κ1) is 15.1. The van der Waals surface area contributed by atoms with Gasteiger partial charge in [-0.3, -0.25) is 0 Å². The van der Waals surface area contributed by atoms with Crippen molar-refractivity contribution in [3.63, 3.8) is 0 Å². The second-order valence-corrected chi connectivity index (χ2v) is 6.56. The molecule has 0 radical (unpaired) electrons. The van der Waals surface area contributed by atoms with Crippen molar-refractivity contribution < 1.29 is 4.39 Å². The molecule has 0 N–H and O–H groups in total. The van der Waals surface area contributed by atoms with Gasteiger partial charge in [-0.25, -0.2) is 19.0 Å². The highest BCUT2D eigenvalue weighted by molar-refractivity contribution is 5.88. The molecule has 1 aliphatic rings. The van der Waals surface area contributed by atoms with Crippen molar-refractivity contribution in [2.45, 2.75) is 26.7 Å². The molecule has 1 atom stereocenters. The molecule has 4 rings (SSSR count). The summed E-state index contributed by atoms with van der Waals surface area (Å²) in [6, 6.07) is 6.29. The van der Waals surface area contributed by atoms with E-state index in [9.17, 15) is 4.39 Å². The summed E-state index contributed by atoms with van der Waals surface area (Å²) in [5, 5.41) is 5.42. The van der Waals surface area contributed by atoms with Crippen LogP contribution in [0.1, 0.15) is 25.6 Å². The zero-order valence-corrected chi connectivity index (χ0v) is 13.9. The third-order valence-electron chi connectivity index (χ3n) is 4.55. The minimum atomic E-state index is -0.260. The van der Waals surface area contributed by atoms with Crippen molar-refractivity contribution >= 4 is 16.9 Å². The number of nitrogens with zero attached hydrogens (tertiary/aromatic N) is 5. The van der Waals surface area contributed by atoms with Crippen LogP contribution in [0.2, 0.25) is 0 Å². The Morgan fingerprint density at radius 3 is 2.71 bits per heavy atom. The molecule has 124 valence electrons. The van der Waals surface area contributed by atoms with Crippen LogP contribution >= 0.6 is 0 Å². The fourth-order valence-corrected chi connectivity index (χ4v) is 3.39. The largest absolute Gasteiger partial charge is 0.356 e. The summed E-state index contributed by atoms with van der Waals surface area (Å²) in [5.41, 5.74) is 1.56. The van der Waals surface area contributed by atoms with Crippen molar-refractivity contribution in [1.82, 2.24) is 19.7 Å². The summed E-state index contributed by atoms with van der Waals surface area (Å²) in [4.78, 5) is 11.6. The van der Waals surface area contributed by atoms with Crippen molar-refractivity contribution in [2.24, 2.45) is 5.92 Å². The van der Waals surface area contributed by atoms with E-state index in [4.69, 9.17) is 0 Å². The van der Waals surface area contributed by atoms with Crippen molar-refractivity contribution in [1.29, 1.82) is 0 Å². The first-order valence-electron chi connectivity index (χ1n) is 8.35. The van der Waals surface area contributed by atoms with Crippen LogP contribution in [0.5, 0.6) is 0 Å². The maximum atomic E-state index is 13.2. The van der Waals surface area contributed by atoms with Crippen LogP contribution in [-0.4, -0.2) is 32.8 Å². The average Bonchev–Trinajstić information content (AvgIpc) is 2.98. The van der Waals surface area contributed by atoms with E-state index in [1.807, 2.05) is 13.1 Å². The van der Waals surface area contributed by atoms with E-state index in [1.54, 1.807) is 16.8 Å². The topological polar surface area (TPSA) is 46.8 Å². The summed E-state index contributed by atoms with van der Waals surface area (Å²) in [7, 11) is 0. The van der Waals surface area contributed by atoms with E-state index >= 15 is 0 Å². The fraction of sp³-hybridized carbons (Fsp3) is 0.389. The SMILES string of the molecule is Cc1nc(N2CCC[C@H](C)C2)c2cnn(-c3ccc(F)cc3)c2n1. The maximum Gasteiger partial charge on any atom is 0.168 e. The Morgan fingerprint density at radius 2 is 1.96 bits per heavy atom. The third kappa shape index (κ3) is 2.62. The summed E-state index contributed by atoms with van der Waals surface area (Å²) in [6.45, 7) is 6.20. The lowest BCUT2D eigenvalue weighted by Gasteiger charge is -2.32. The number of halogens is 1. The first-order chi connectivity index (χ1) is 11.6. The van der Waals surface area contributed by atoms with Gasteiger partial charge in [0.2, 0.25) is 0 Å². The van der Waals surface area contributed by atoms with Crippen molar-refractivity contribution in [3.05, 3.63) is 42.1 Å². The molecule has 0 aliphatic carbocycles. The summed E-state index contributed by atoms with van der Waals surface area (Å²) < 4.78 is 14.9. The molecule has 0 saturated carbocycles. The maximum absolute atomic E-state index is 13.2. The van der Waals surface area contributed by atoms with Crippen LogP contribution < -0.4 is 4.90 Å². The van der Waals surface area contributed by atoms with Gasteiger partial charge in [-0.1, -0.05) is 6.92 Å². The molecule has 3 aromatic rings. The van der Waals surface area contributed by atoms with Crippen LogP contribution in [0.25, 0.3) is 16.7 Å². The molecule has 0 spiro atoms. The van der Waals surface area contributed by atoms with Crippen molar-refractivity contribution in [3.8, 4) is 5.69 Å². The predicted molar refractivity (Wildman–Crippen MR) is 92.0 cm³/mol. The Morgan fingerprint density at radius 1 is 1.17 bits per heavy atom. The van der Waals surface area contributed by atoms with Crippen LogP contribution in [0.3, 0.4) is 0 Å². The van der Waals surface area contributed by atoms with Gasteiger partial charge in [0, 0.05) is 13.1 Å². The van der Waals surface area contributed by atoms with Gasteiger partial charge in [0.25, 0.3) is 0 Å². The molecule has 3 heterocycles. The molecule has 0 amide bonds. The fourth-order valence-electron chi connectivity index (χ4n) is 3.39. The van der Waals surface area contributed by atoms with E-state index in [-0.39, 0.29) is 5.82 Å². The van der Waals surface area contributed by atoms with Gasteiger partial charge in [-0.05, 0) is 49.9 Å². The number of anilines is 1. The van der Waals surface area contributed by atoms with Gasteiger partial charge in [0.15, 0.2) is 5.65 Å². The quantitative estimate of drug-likeness (QED) is 0.723. The summed E-state index contributed by atoms with van der Waals surface area (Å²) >= 11 is 0. The monoisotopic (exact) mass is 325 g/mol. The molecule has 1 aromatic carbocycles. The minimum absolute atomic E-state index is 0.260. The Labute approximate surface area is 140 Å². The van der Waals surface area contributed by atoms with Crippen molar-refractivity contribution in [2.75, 3.05) is 18.0 Å². The highest BCUT2D eigenvalue weighted by atomic mass is 19.1. The normalized spacial score (nSPS) is 18.3. The second kappa shape index (κ2) is 5.85. The molecular formula is C18H20FN5. The Kier molecular flexibility index (Phi) is 3.67.